The Bertz CT molecular complexity index is 625. The Morgan fingerprint density at radius 1 is 1.50 bits per heavy atom. The van der Waals surface area contributed by atoms with Crippen LogP contribution in [0.5, 0.6) is 5.75 Å². The molecule has 0 unspecified atom stereocenters. The van der Waals surface area contributed by atoms with Crippen LogP contribution in [0.4, 0.5) is 5.69 Å². The number of aromatic nitrogens is 2. The summed E-state index contributed by atoms with van der Waals surface area (Å²) in [5.74, 6) is 0.655. The van der Waals surface area contributed by atoms with E-state index in [-0.39, 0.29) is 5.56 Å². The number of anilines is 1. The topological polar surface area (TPSA) is 70.1 Å². The van der Waals surface area contributed by atoms with Crippen molar-refractivity contribution in [1.82, 2.24) is 9.55 Å². The van der Waals surface area contributed by atoms with Gasteiger partial charge in [-0.2, -0.15) is 0 Å². The summed E-state index contributed by atoms with van der Waals surface area (Å²) in [6.07, 6.45) is 2.96. The van der Waals surface area contributed by atoms with E-state index < -0.39 is 0 Å². The number of nitrogen functional groups attached to an aromatic ring is 1. The molecule has 0 fully saturated rings. The van der Waals surface area contributed by atoms with Crippen LogP contribution in [0.2, 0.25) is 0 Å². The van der Waals surface area contributed by atoms with Crippen LogP contribution >= 0.6 is 15.9 Å². The van der Waals surface area contributed by atoms with Gasteiger partial charge in [0, 0.05) is 23.5 Å². The van der Waals surface area contributed by atoms with E-state index in [0.29, 0.717) is 22.5 Å². The molecule has 0 saturated carbocycles. The minimum atomic E-state index is -0.135. The first kappa shape index (κ1) is 12.6. The Morgan fingerprint density at radius 3 is 3.00 bits per heavy atom. The minimum Gasteiger partial charge on any atom is -0.496 e. The van der Waals surface area contributed by atoms with Crippen LogP contribution in [-0.2, 0) is 6.54 Å². The molecule has 0 aliphatic heterocycles. The van der Waals surface area contributed by atoms with Crippen LogP contribution in [-0.4, -0.2) is 16.7 Å². The van der Waals surface area contributed by atoms with E-state index in [0.717, 1.165) is 5.56 Å². The third-order valence-corrected chi connectivity index (χ3v) is 3.05. The fraction of sp³-hybridized carbons (Fsp3) is 0.167. The third kappa shape index (κ3) is 2.53. The molecule has 1 aromatic heterocycles. The molecule has 94 valence electrons. The first-order chi connectivity index (χ1) is 8.61. The highest BCUT2D eigenvalue weighted by molar-refractivity contribution is 9.10. The lowest BCUT2D eigenvalue weighted by Crippen LogP contribution is -2.21. The van der Waals surface area contributed by atoms with E-state index in [1.54, 1.807) is 19.2 Å². The molecule has 0 saturated heterocycles. The molecule has 18 heavy (non-hydrogen) atoms. The highest BCUT2D eigenvalue weighted by atomic mass is 79.9. The zero-order chi connectivity index (χ0) is 13.1. The molecule has 6 heteroatoms. The number of rotatable bonds is 3. The van der Waals surface area contributed by atoms with Gasteiger partial charge in [0.15, 0.2) is 0 Å². The molecule has 0 atom stereocenters. The summed E-state index contributed by atoms with van der Waals surface area (Å²) in [6.45, 7) is 0.384. The van der Waals surface area contributed by atoms with Crippen molar-refractivity contribution >= 4 is 21.6 Å². The van der Waals surface area contributed by atoms with Gasteiger partial charge in [-0.15, -0.1) is 0 Å². The number of methoxy groups -OCH3 is 1. The molecular weight excluding hydrogens is 298 g/mol. The summed E-state index contributed by atoms with van der Waals surface area (Å²) in [5, 5.41) is 0. The zero-order valence-electron chi connectivity index (χ0n) is 9.76. The Kier molecular flexibility index (Phi) is 3.66. The number of hydrogen-bond acceptors (Lipinski definition) is 4. The van der Waals surface area contributed by atoms with Crippen LogP contribution in [0.15, 0.2) is 40.0 Å². The Labute approximate surface area is 112 Å². The summed E-state index contributed by atoms with van der Waals surface area (Å²) in [4.78, 5) is 15.8. The second kappa shape index (κ2) is 5.22. The van der Waals surface area contributed by atoms with E-state index in [1.807, 2.05) is 6.07 Å². The van der Waals surface area contributed by atoms with Gasteiger partial charge in [-0.05, 0) is 22.0 Å². The zero-order valence-corrected chi connectivity index (χ0v) is 11.3. The van der Waals surface area contributed by atoms with E-state index in [2.05, 4.69) is 20.9 Å². The SMILES string of the molecule is COc1cc(N)ccc1Cn1cncc(Br)c1=O. The molecular formula is C12H12BrN3O2. The number of benzene rings is 1. The quantitative estimate of drug-likeness (QED) is 0.875. The summed E-state index contributed by atoms with van der Waals surface area (Å²) in [5.41, 5.74) is 7.04. The molecule has 2 N–H and O–H groups in total. The van der Waals surface area contributed by atoms with Crippen LogP contribution < -0.4 is 16.0 Å². The van der Waals surface area contributed by atoms with Crippen molar-refractivity contribution in [3.63, 3.8) is 0 Å². The molecule has 5 nitrogen and oxygen atoms in total. The van der Waals surface area contributed by atoms with Gasteiger partial charge in [-0.25, -0.2) is 4.98 Å². The third-order valence-electron chi connectivity index (χ3n) is 2.51. The van der Waals surface area contributed by atoms with E-state index in [4.69, 9.17) is 10.5 Å². The molecule has 0 aliphatic rings. The first-order valence-electron chi connectivity index (χ1n) is 5.24. The highest BCUT2D eigenvalue weighted by Crippen LogP contribution is 2.21. The van der Waals surface area contributed by atoms with Gasteiger partial charge in [-0.3, -0.25) is 9.36 Å². The summed E-state index contributed by atoms with van der Waals surface area (Å²) >= 11 is 3.16. The van der Waals surface area contributed by atoms with E-state index in [9.17, 15) is 4.79 Å². The van der Waals surface area contributed by atoms with Crippen molar-refractivity contribution in [3.8, 4) is 5.75 Å². The van der Waals surface area contributed by atoms with Crippen molar-refractivity contribution in [2.24, 2.45) is 0 Å². The molecule has 2 rings (SSSR count). The maximum absolute atomic E-state index is 11.9. The molecule has 0 spiro atoms. The van der Waals surface area contributed by atoms with E-state index >= 15 is 0 Å². The highest BCUT2D eigenvalue weighted by Gasteiger charge is 2.07. The predicted octanol–water partition coefficient (Wildman–Crippen LogP) is 1.64. The van der Waals surface area contributed by atoms with E-state index in [1.165, 1.54) is 17.1 Å². The smallest absolute Gasteiger partial charge is 0.267 e. The molecule has 1 heterocycles. The van der Waals surface area contributed by atoms with Crippen LogP contribution in [0.1, 0.15) is 5.56 Å². The van der Waals surface area contributed by atoms with Gasteiger partial charge < -0.3 is 10.5 Å². The number of ether oxygens (including phenoxy) is 1. The van der Waals surface area contributed by atoms with Crippen LogP contribution in [0.3, 0.4) is 0 Å². The molecule has 2 aromatic rings. The summed E-state index contributed by atoms with van der Waals surface area (Å²) in [7, 11) is 1.57. The minimum absolute atomic E-state index is 0.135. The van der Waals surface area contributed by atoms with Crippen molar-refractivity contribution in [1.29, 1.82) is 0 Å². The largest absolute Gasteiger partial charge is 0.496 e. The van der Waals surface area contributed by atoms with Gasteiger partial charge in [0.25, 0.3) is 5.56 Å². The first-order valence-corrected chi connectivity index (χ1v) is 6.03. The summed E-state index contributed by atoms with van der Waals surface area (Å²) in [6, 6.07) is 5.33. The Hall–Kier alpha value is -1.82. The van der Waals surface area contributed by atoms with Crippen molar-refractivity contribution in [3.05, 3.63) is 51.1 Å². The second-order valence-corrected chi connectivity index (χ2v) is 4.60. The van der Waals surface area contributed by atoms with Crippen LogP contribution in [0.25, 0.3) is 0 Å². The Morgan fingerprint density at radius 2 is 2.28 bits per heavy atom. The molecule has 0 bridgehead atoms. The van der Waals surface area contributed by atoms with Crippen molar-refractivity contribution in [2.75, 3.05) is 12.8 Å². The lowest BCUT2D eigenvalue weighted by molar-refractivity contribution is 0.408. The van der Waals surface area contributed by atoms with Gasteiger partial charge in [0.2, 0.25) is 0 Å². The van der Waals surface area contributed by atoms with Gasteiger partial charge in [-0.1, -0.05) is 6.07 Å². The van der Waals surface area contributed by atoms with Gasteiger partial charge in [0.05, 0.1) is 20.0 Å². The molecule has 0 aliphatic carbocycles. The van der Waals surface area contributed by atoms with Gasteiger partial charge in [0.1, 0.15) is 10.2 Å². The normalized spacial score (nSPS) is 10.3. The molecule has 1 aromatic carbocycles. The summed E-state index contributed by atoms with van der Waals surface area (Å²) < 4.78 is 7.17. The maximum Gasteiger partial charge on any atom is 0.267 e. The molecule has 0 amide bonds. The fourth-order valence-electron chi connectivity index (χ4n) is 1.61. The molecule has 0 radical (unpaired) electrons. The average Bonchev–Trinajstić information content (AvgIpc) is 2.37. The van der Waals surface area contributed by atoms with Crippen molar-refractivity contribution < 1.29 is 4.74 Å². The number of hydrogen-bond donors (Lipinski definition) is 1. The number of halogens is 1. The van der Waals surface area contributed by atoms with Crippen LogP contribution in [0, 0.1) is 0 Å². The van der Waals surface area contributed by atoms with Crippen molar-refractivity contribution in [2.45, 2.75) is 6.54 Å². The average molecular weight is 310 g/mol. The predicted molar refractivity (Wildman–Crippen MR) is 72.7 cm³/mol. The monoisotopic (exact) mass is 309 g/mol. The Balaban J connectivity index is 2.40. The number of nitrogens with two attached hydrogens (primary N) is 1. The number of nitrogens with zero attached hydrogens (tertiary/aromatic N) is 2. The fourth-order valence-corrected chi connectivity index (χ4v) is 1.96. The van der Waals surface area contributed by atoms with Gasteiger partial charge >= 0.3 is 0 Å². The lowest BCUT2D eigenvalue weighted by Gasteiger charge is -2.10. The maximum atomic E-state index is 11.9. The standard InChI is InChI=1S/C12H12BrN3O2/c1-18-11-4-9(14)3-2-8(11)6-16-7-15-5-10(13)12(16)17/h2-5,7H,6,14H2,1H3. The second-order valence-electron chi connectivity index (χ2n) is 3.75. The lowest BCUT2D eigenvalue weighted by atomic mass is 10.2.